The van der Waals surface area contributed by atoms with Gasteiger partial charge in [0.05, 0.1) is 5.75 Å². The molecule has 0 radical (unpaired) electrons. The van der Waals surface area contributed by atoms with Crippen molar-refractivity contribution < 1.29 is 9.18 Å². The molecule has 2 aromatic rings. The van der Waals surface area contributed by atoms with E-state index in [1.54, 1.807) is 18.2 Å². The molecule has 0 aliphatic carbocycles. The van der Waals surface area contributed by atoms with Crippen molar-refractivity contribution in [3.63, 3.8) is 0 Å². The van der Waals surface area contributed by atoms with Crippen LogP contribution in [0, 0.1) is 12.7 Å². The molecule has 0 bridgehead atoms. The predicted molar refractivity (Wildman–Crippen MR) is 82.4 cm³/mol. The molecule has 0 aliphatic rings. The molecule has 2 nitrogen and oxygen atoms in total. The molecule has 0 saturated carbocycles. The van der Waals surface area contributed by atoms with Gasteiger partial charge >= 0.3 is 0 Å². The van der Waals surface area contributed by atoms with Crippen LogP contribution in [0.2, 0.25) is 0 Å². The highest BCUT2D eigenvalue weighted by atomic mass is 32.2. The minimum absolute atomic E-state index is 0.0723. The number of thioether (sulfide) groups is 1. The van der Waals surface area contributed by atoms with Crippen molar-refractivity contribution in [3.05, 3.63) is 65.5 Å². The quantitative estimate of drug-likeness (QED) is 0.901. The van der Waals surface area contributed by atoms with Crippen LogP contribution in [0.25, 0.3) is 0 Å². The van der Waals surface area contributed by atoms with E-state index in [4.69, 9.17) is 0 Å². The zero-order valence-electron chi connectivity index (χ0n) is 11.2. The molecule has 0 saturated heterocycles. The molecule has 0 spiro atoms. The number of rotatable bonds is 5. The van der Waals surface area contributed by atoms with Crippen molar-refractivity contribution in [1.82, 2.24) is 0 Å². The van der Waals surface area contributed by atoms with Gasteiger partial charge in [0.25, 0.3) is 0 Å². The highest BCUT2D eigenvalue weighted by molar-refractivity contribution is 7.99. The first-order valence-corrected chi connectivity index (χ1v) is 7.48. The lowest BCUT2D eigenvalue weighted by Crippen LogP contribution is -2.14. The second-order valence-corrected chi connectivity index (χ2v) is 5.49. The molecule has 0 unspecified atom stereocenters. The fourth-order valence-corrected chi connectivity index (χ4v) is 2.60. The minimum atomic E-state index is -0.223. The van der Waals surface area contributed by atoms with Crippen molar-refractivity contribution in [1.29, 1.82) is 0 Å². The summed E-state index contributed by atoms with van der Waals surface area (Å²) < 4.78 is 13.4. The van der Waals surface area contributed by atoms with Gasteiger partial charge in [-0.2, -0.15) is 0 Å². The summed E-state index contributed by atoms with van der Waals surface area (Å²) in [5.41, 5.74) is 2.52. The summed E-state index contributed by atoms with van der Waals surface area (Å²) in [6.07, 6.45) is 0. The van der Waals surface area contributed by atoms with Crippen LogP contribution in [-0.4, -0.2) is 11.7 Å². The number of halogens is 1. The van der Waals surface area contributed by atoms with Crippen LogP contribution < -0.4 is 5.32 Å². The van der Waals surface area contributed by atoms with E-state index in [9.17, 15) is 9.18 Å². The van der Waals surface area contributed by atoms with Gasteiger partial charge in [0.1, 0.15) is 5.82 Å². The third-order valence-electron chi connectivity index (χ3n) is 2.75. The van der Waals surface area contributed by atoms with Gasteiger partial charge in [0.15, 0.2) is 0 Å². The molecule has 2 rings (SSSR count). The number of hydrogen-bond acceptors (Lipinski definition) is 2. The number of carbonyl (C=O) groups excluding carboxylic acids is 1. The summed E-state index contributed by atoms with van der Waals surface area (Å²) in [7, 11) is 0. The molecule has 0 heterocycles. The Bertz CT molecular complexity index is 601. The first kappa shape index (κ1) is 14.6. The molecule has 20 heavy (non-hydrogen) atoms. The van der Waals surface area contributed by atoms with Crippen molar-refractivity contribution >= 4 is 23.4 Å². The van der Waals surface area contributed by atoms with E-state index in [0.717, 1.165) is 11.3 Å². The van der Waals surface area contributed by atoms with E-state index in [-0.39, 0.29) is 11.7 Å². The zero-order chi connectivity index (χ0) is 14.4. The highest BCUT2D eigenvalue weighted by Gasteiger charge is 2.05. The van der Waals surface area contributed by atoms with Crippen molar-refractivity contribution in [2.45, 2.75) is 12.7 Å². The second-order valence-electron chi connectivity index (χ2n) is 4.50. The lowest BCUT2D eigenvalue weighted by Gasteiger charge is -2.06. The fourth-order valence-electron chi connectivity index (χ4n) is 1.79. The van der Waals surface area contributed by atoms with E-state index < -0.39 is 0 Å². The van der Waals surface area contributed by atoms with Gasteiger partial charge in [-0.1, -0.05) is 30.3 Å². The maximum absolute atomic E-state index is 13.4. The van der Waals surface area contributed by atoms with Crippen LogP contribution in [0.5, 0.6) is 0 Å². The number of anilines is 1. The van der Waals surface area contributed by atoms with Gasteiger partial charge < -0.3 is 5.32 Å². The summed E-state index contributed by atoms with van der Waals surface area (Å²) >= 11 is 1.40. The molecule has 0 fully saturated rings. The Morgan fingerprint density at radius 2 is 2.00 bits per heavy atom. The monoisotopic (exact) mass is 289 g/mol. The van der Waals surface area contributed by atoms with Crippen LogP contribution in [0.4, 0.5) is 10.1 Å². The third-order valence-corrected chi connectivity index (χ3v) is 3.73. The van der Waals surface area contributed by atoms with Gasteiger partial charge in [0.2, 0.25) is 5.91 Å². The van der Waals surface area contributed by atoms with E-state index in [1.165, 1.54) is 17.8 Å². The SMILES string of the molecule is Cc1cccc(NC(=O)CSCc2ccccc2F)c1. The standard InChI is InChI=1S/C16H16FNOS/c1-12-5-4-7-14(9-12)18-16(19)11-20-10-13-6-2-3-8-15(13)17/h2-9H,10-11H2,1H3,(H,18,19). The number of hydrogen-bond donors (Lipinski definition) is 1. The van der Waals surface area contributed by atoms with Crippen LogP contribution in [0.1, 0.15) is 11.1 Å². The third kappa shape index (κ3) is 4.38. The van der Waals surface area contributed by atoms with Crippen LogP contribution in [-0.2, 0) is 10.5 Å². The average molecular weight is 289 g/mol. The molecule has 1 N–H and O–H groups in total. The van der Waals surface area contributed by atoms with Crippen molar-refractivity contribution in [2.75, 3.05) is 11.1 Å². The fraction of sp³-hybridized carbons (Fsp3) is 0.188. The molecule has 104 valence electrons. The Hall–Kier alpha value is -1.81. The van der Waals surface area contributed by atoms with Crippen LogP contribution >= 0.6 is 11.8 Å². The van der Waals surface area contributed by atoms with Gasteiger partial charge in [-0.15, -0.1) is 11.8 Å². The number of benzene rings is 2. The first-order valence-electron chi connectivity index (χ1n) is 6.33. The second kappa shape index (κ2) is 7.10. The zero-order valence-corrected chi connectivity index (χ0v) is 12.0. The number of amides is 1. The lowest BCUT2D eigenvalue weighted by molar-refractivity contribution is -0.113. The summed E-state index contributed by atoms with van der Waals surface area (Å²) in [6.45, 7) is 1.97. The Kier molecular flexibility index (Phi) is 5.18. The molecule has 4 heteroatoms. The van der Waals surface area contributed by atoms with E-state index in [2.05, 4.69) is 5.32 Å². The molecule has 2 aromatic carbocycles. The molecular formula is C16H16FNOS. The minimum Gasteiger partial charge on any atom is -0.325 e. The predicted octanol–water partition coefficient (Wildman–Crippen LogP) is 4.01. The summed E-state index contributed by atoms with van der Waals surface area (Å²) in [6, 6.07) is 14.3. The number of aryl methyl sites for hydroxylation is 1. The first-order chi connectivity index (χ1) is 9.65. The van der Waals surface area contributed by atoms with E-state index in [0.29, 0.717) is 17.1 Å². The van der Waals surface area contributed by atoms with Crippen LogP contribution in [0.15, 0.2) is 48.5 Å². The maximum Gasteiger partial charge on any atom is 0.234 e. The highest BCUT2D eigenvalue weighted by Crippen LogP contribution is 2.16. The van der Waals surface area contributed by atoms with E-state index in [1.807, 2.05) is 31.2 Å². The van der Waals surface area contributed by atoms with Gasteiger partial charge in [0, 0.05) is 11.4 Å². The Labute approximate surface area is 122 Å². The van der Waals surface area contributed by atoms with Gasteiger partial charge in [-0.3, -0.25) is 4.79 Å². The molecule has 0 aromatic heterocycles. The van der Waals surface area contributed by atoms with E-state index >= 15 is 0 Å². The van der Waals surface area contributed by atoms with Gasteiger partial charge in [-0.25, -0.2) is 4.39 Å². The van der Waals surface area contributed by atoms with Gasteiger partial charge in [-0.05, 0) is 36.2 Å². The largest absolute Gasteiger partial charge is 0.325 e. The molecular weight excluding hydrogens is 273 g/mol. The van der Waals surface area contributed by atoms with Crippen LogP contribution in [0.3, 0.4) is 0 Å². The Balaban J connectivity index is 1.80. The smallest absolute Gasteiger partial charge is 0.234 e. The normalized spacial score (nSPS) is 10.3. The Morgan fingerprint density at radius 3 is 2.75 bits per heavy atom. The average Bonchev–Trinajstić information content (AvgIpc) is 2.41. The number of nitrogens with one attached hydrogen (secondary N) is 1. The summed E-state index contributed by atoms with van der Waals surface area (Å²) in [5, 5.41) is 2.83. The number of carbonyl (C=O) groups is 1. The summed E-state index contributed by atoms with van der Waals surface area (Å²) in [5.74, 6) is 0.506. The van der Waals surface area contributed by atoms with Crippen molar-refractivity contribution in [3.8, 4) is 0 Å². The lowest BCUT2D eigenvalue weighted by atomic mass is 10.2. The molecule has 1 amide bonds. The Morgan fingerprint density at radius 1 is 1.20 bits per heavy atom. The molecule has 0 aliphatic heterocycles. The summed E-state index contributed by atoms with van der Waals surface area (Å²) in [4.78, 5) is 11.8. The van der Waals surface area contributed by atoms with Crippen molar-refractivity contribution in [2.24, 2.45) is 0 Å². The molecule has 0 atom stereocenters. The maximum atomic E-state index is 13.4. The topological polar surface area (TPSA) is 29.1 Å².